The molecule has 2 rings (SSSR count). The molecule has 1 aromatic carbocycles. The van der Waals surface area contributed by atoms with Gasteiger partial charge in [-0.05, 0) is 29.3 Å². The SMILES string of the molecule is COP(=S)(OC)SCN1C(=O)c2ccccc2C1O. The quantitative estimate of drug-likeness (QED) is 0.841. The average molecular weight is 319 g/mol. The molecule has 104 valence electrons. The summed E-state index contributed by atoms with van der Waals surface area (Å²) >= 11 is 6.44. The van der Waals surface area contributed by atoms with Gasteiger partial charge in [-0.3, -0.25) is 9.69 Å². The largest absolute Gasteiger partial charge is 0.369 e. The van der Waals surface area contributed by atoms with Gasteiger partial charge in [0.2, 0.25) is 5.69 Å². The highest BCUT2D eigenvalue weighted by atomic mass is 32.9. The van der Waals surface area contributed by atoms with Crippen molar-refractivity contribution < 1.29 is 18.9 Å². The molecule has 1 aromatic rings. The van der Waals surface area contributed by atoms with Gasteiger partial charge in [0.05, 0.1) is 5.88 Å². The summed E-state index contributed by atoms with van der Waals surface area (Å²) in [6.45, 7) is 0. The zero-order chi connectivity index (χ0) is 14.0. The highest BCUT2D eigenvalue weighted by Crippen LogP contribution is 2.60. The van der Waals surface area contributed by atoms with Crippen LogP contribution in [0.4, 0.5) is 0 Å². The molecule has 1 amide bonds. The van der Waals surface area contributed by atoms with Crippen molar-refractivity contribution in [2.24, 2.45) is 0 Å². The predicted octanol–water partition coefficient (Wildman–Crippen LogP) is 2.34. The van der Waals surface area contributed by atoms with Crippen LogP contribution in [0, 0.1) is 0 Å². The van der Waals surface area contributed by atoms with Crippen molar-refractivity contribution in [3.8, 4) is 0 Å². The number of aliphatic hydroxyl groups is 1. The fraction of sp³-hybridized carbons (Fsp3) is 0.364. The number of rotatable bonds is 5. The maximum atomic E-state index is 12.1. The van der Waals surface area contributed by atoms with Gasteiger partial charge < -0.3 is 14.2 Å². The van der Waals surface area contributed by atoms with Crippen LogP contribution in [0.2, 0.25) is 0 Å². The molecule has 0 radical (unpaired) electrons. The lowest BCUT2D eigenvalue weighted by atomic mass is 10.1. The maximum Gasteiger partial charge on any atom is 0.257 e. The molecule has 1 unspecified atom stereocenters. The molecular weight excluding hydrogens is 305 g/mol. The molecule has 0 aliphatic carbocycles. The van der Waals surface area contributed by atoms with Crippen molar-refractivity contribution in [1.29, 1.82) is 0 Å². The first-order valence-corrected chi connectivity index (χ1v) is 9.69. The Bertz CT molecular complexity index is 531. The normalized spacial score (nSPS) is 18.8. The number of carbonyl (C=O) groups excluding carboxylic acids is 1. The van der Waals surface area contributed by atoms with E-state index in [1.165, 1.54) is 30.5 Å². The smallest absolute Gasteiger partial charge is 0.257 e. The first-order chi connectivity index (χ1) is 9.02. The van der Waals surface area contributed by atoms with Gasteiger partial charge in [0, 0.05) is 25.3 Å². The predicted molar refractivity (Wildman–Crippen MR) is 78.3 cm³/mol. The van der Waals surface area contributed by atoms with Crippen molar-refractivity contribution in [2.45, 2.75) is 6.23 Å². The summed E-state index contributed by atoms with van der Waals surface area (Å²) in [6.07, 6.45) is -0.937. The van der Waals surface area contributed by atoms with Crippen molar-refractivity contribution in [1.82, 2.24) is 4.90 Å². The first kappa shape index (κ1) is 15.0. The second kappa shape index (κ2) is 5.91. The van der Waals surface area contributed by atoms with Crippen LogP contribution in [0.25, 0.3) is 0 Å². The average Bonchev–Trinajstić information content (AvgIpc) is 2.69. The topological polar surface area (TPSA) is 59.0 Å². The van der Waals surface area contributed by atoms with Crippen molar-refractivity contribution in [3.63, 3.8) is 0 Å². The van der Waals surface area contributed by atoms with Gasteiger partial charge in [-0.25, -0.2) is 0 Å². The van der Waals surface area contributed by atoms with Crippen LogP contribution < -0.4 is 0 Å². The van der Waals surface area contributed by atoms with E-state index in [-0.39, 0.29) is 11.8 Å². The molecule has 1 atom stereocenters. The second-order valence-corrected chi connectivity index (χ2v) is 10.3. The van der Waals surface area contributed by atoms with E-state index in [1.54, 1.807) is 24.3 Å². The Kier molecular flexibility index (Phi) is 4.66. The van der Waals surface area contributed by atoms with E-state index in [1.807, 2.05) is 0 Å². The number of fused-ring (bicyclic) bond motifs is 1. The van der Waals surface area contributed by atoms with E-state index < -0.39 is 11.9 Å². The minimum absolute atomic E-state index is 0.204. The summed E-state index contributed by atoms with van der Waals surface area (Å²) < 4.78 is 10.3. The van der Waals surface area contributed by atoms with Crippen LogP contribution in [0.5, 0.6) is 0 Å². The van der Waals surface area contributed by atoms with Gasteiger partial charge in [-0.1, -0.05) is 18.2 Å². The summed E-state index contributed by atoms with van der Waals surface area (Å²) in [5, 5.41) is 10.1. The Morgan fingerprint density at radius 2 is 2.05 bits per heavy atom. The van der Waals surface area contributed by atoms with Crippen LogP contribution in [-0.4, -0.2) is 36.0 Å². The van der Waals surface area contributed by atoms with Gasteiger partial charge in [0.1, 0.15) is 0 Å². The number of aliphatic hydroxyl groups excluding tert-OH is 1. The lowest BCUT2D eigenvalue weighted by molar-refractivity contribution is 0.0273. The summed E-state index contributed by atoms with van der Waals surface area (Å²) in [5.74, 6) is 0.0255. The third-order valence-corrected chi connectivity index (χ3v) is 8.46. The monoisotopic (exact) mass is 319 g/mol. The fourth-order valence-electron chi connectivity index (χ4n) is 1.79. The van der Waals surface area contributed by atoms with Gasteiger partial charge in [0.25, 0.3) is 5.91 Å². The summed E-state index contributed by atoms with van der Waals surface area (Å²) in [5.41, 5.74) is -1.29. The molecule has 5 nitrogen and oxygen atoms in total. The molecule has 1 N–H and O–H groups in total. The molecule has 0 spiro atoms. The van der Waals surface area contributed by atoms with Crippen molar-refractivity contribution in [2.75, 3.05) is 20.1 Å². The number of hydrogen-bond acceptors (Lipinski definition) is 6. The molecule has 0 saturated carbocycles. The molecule has 0 bridgehead atoms. The van der Waals surface area contributed by atoms with Crippen LogP contribution in [0.1, 0.15) is 22.1 Å². The lowest BCUT2D eigenvalue weighted by Gasteiger charge is -2.23. The zero-order valence-corrected chi connectivity index (χ0v) is 13.0. The van der Waals surface area contributed by atoms with Gasteiger partial charge in [-0.2, -0.15) is 0 Å². The van der Waals surface area contributed by atoms with Crippen LogP contribution >= 0.6 is 17.1 Å². The maximum absolute atomic E-state index is 12.1. The standard InChI is InChI=1S/C11H14NO4PS2/c1-15-17(18,16-2)19-7-12-10(13)8-5-3-4-6-9(8)11(12)14/h3-6,10,13H,7H2,1-2H3. The van der Waals surface area contributed by atoms with Crippen molar-refractivity contribution in [3.05, 3.63) is 35.4 Å². The summed E-state index contributed by atoms with van der Waals surface area (Å²) in [6, 6.07) is 7.01. The molecule has 1 heterocycles. The summed E-state index contributed by atoms with van der Waals surface area (Å²) in [4.78, 5) is 13.5. The Morgan fingerprint density at radius 1 is 1.42 bits per heavy atom. The first-order valence-electron chi connectivity index (χ1n) is 5.46. The van der Waals surface area contributed by atoms with E-state index >= 15 is 0 Å². The number of benzene rings is 1. The lowest BCUT2D eigenvalue weighted by Crippen LogP contribution is -2.27. The molecular formula is C11H14NO4PS2. The number of carbonyl (C=O) groups is 1. The number of amides is 1. The third-order valence-electron chi connectivity index (χ3n) is 2.83. The van der Waals surface area contributed by atoms with Crippen LogP contribution in [-0.2, 0) is 20.9 Å². The highest BCUT2D eigenvalue weighted by Gasteiger charge is 2.36. The van der Waals surface area contributed by atoms with E-state index in [2.05, 4.69) is 0 Å². The van der Waals surface area contributed by atoms with Gasteiger partial charge in [-0.15, -0.1) is 0 Å². The number of nitrogens with zero attached hydrogens (tertiary/aromatic N) is 1. The van der Waals surface area contributed by atoms with E-state index in [0.29, 0.717) is 11.1 Å². The fourth-order valence-corrected chi connectivity index (χ4v) is 4.53. The summed E-state index contributed by atoms with van der Waals surface area (Å²) in [7, 11) is 2.96. The molecule has 0 aromatic heterocycles. The molecule has 0 saturated heterocycles. The van der Waals surface area contributed by atoms with E-state index in [0.717, 1.165) is 0 Å². The van der Waals surface area contributed by atoms with E-state index in [4.69, 9.17) is 20.9 Å². The Labute approximate surface area is 120 Å². The third kappa shape index (κ3) is 2.86. The van der Waals surface area contributed by atoms with Crippen molar-refractivity contribution >= 4 is 34.8 Å². The Hall–Kier alpha value is -0.430. The van der Waals surface area contributed by atoms with Crippen LogP contribution in [0.3, 0.4) is 0 Å². The molecule has 8 heteroatoms. The minimum atomic E-state index is -2.44. The van der Waals surface area contributed by atoms with Gasteiger partial charge >= 0.3 is 0 Å². The molecule has 1 aliphatic heterocycles. The highest BCUT2D eigenvalue weighted by molar-refractivity contribution is 8.67. The van der Waals surface area contributed by atoms with Gasteiger partial charge in [0.15, 0.2) is 6.23 Å². The zero-order valence-electron chi connectivity index (χ0n) is 10.5. The Balaban J connectivity index is 2.13. The molecule has 0 fully saturated rings. The molecule has 1 aliphatic rings. The number of hydrogen-bond donors (Lipinski definition) is 1. The Morgan fingerprint density at radius 3 is 2.63 bits per heavy atom. The van der Waals surface area contributed by atoms with Crippen LogP contribution in [0.15, 0.2) is 24.3 Å². The molecule has 19 heavy (non-hydrogen) atoms. The minimum Gasteiger partial charge on any atom is -0.369 e. The van der Waals surface area contributed by atoms with E-state index in [9.17, 15) is 9.90 Å². The second-order valence-electron chi connectivity index (χ2n) is 3.81.